The molecule has 1 amide bonds. The minimum atomic E-state index is -0.0299. The zero-order valence-electron chi connectivity index (χ0n) is 11.4. The maximum Gasteiger partial charge on any atom is 0.253 e. The third-order valence-corrected chi connectivity index (χ3v) is 2.88. The Labute approximate surface area is 109 Å². The van der Waals surface area contributed by atoms with Crippen LogP contribution in [0.1, 0.15) is 29.8 Å². The number of benzene rings is 1. The number of amides is 1. The molecule has 0 aliphatic heterocycles. The highest BCUT2D eigenvalue weighted by atomic mass is 16.3. The molecule has 18 heavy (non-hydrogen) atoms. The van der Waals surface area contributed by atoms with Gasteiger partial charge in [0.15, 0.2) is 0 Å². The van der Waals surface area contributed by atoms with Gasteiger partial charge in [-0.3, -0.25) is 4.79 Å². The summed E-state index contributed by atoms with van der Waals surface area (Å²) in [6, 6.07) is 5.65. The van der Waals surface area contributed by atoms with Crippen LogP contribution in [0.15, 0.2) is 18.2 Å². The van der Waals surface area contributed by atoms with Gasteiger partial charge in [-0.15, -0.1) is 0 Å². The first-order valence-corrected chi connectivity index (χ1v) is 6.38. The summed E-state index contributed by atoms with van der Waals surface area (Å²) in [6.07, 6.45) is 0. The van der Waals surface area contributed by atoms with Crippen LogP contribution in [0.5, 0.6) is 0 Å². The van der Waals surface area contributed by atoms with Gasteiger partial charge in [0.05, 0.1) is 6.61 Å². The lowest BCUT2D eigenvalue weighted by atomic mass is 10.1. The minimum absolute atomic E-state index is 0.00592. The summed E-state index contributed by atoms with van der Waals surface area (Å²) in [5.74, 6) is -0.0299. The summed E-state index contributed by atoms with van der Waals surface area (Å²) in [7, 11) is 0. The summed E-state index contributed by atoms with van der Waals surface area (Å²) >= 11 is 0. The first kappa shape index (κ1) is 14.5. The Kier molecular flexibility index (Phi) is 5.65. The molecule has 4 nitrogen and oxygen atoms in total. The summed E-state index contributed by atoms with van der Waals surface area (Å²) in [5.41, 5.74) is 2.78. The van der Waals surface area contributed by atoms with Crippen molar-refractivity contribution in [3.05, 3.63) is 29.3 Å². The maximum absolute atomic E-state index is 12.2. The van der Waals surface area contributed by atoms with Crippen LogP contribution in [-0.2, 0) is 0 Å². The maximum atomic E-state index is 12.2. The number of likely N-dealkylation sites (N-methyl/N-ethyl adjacent to an activating group) is 1. The minimum Gasteiger partial charge on any atom is -0.395 e. The highest BCUT2D eigenvalue weighted by Crippen LogP contribution is 2.17. The molecule has 0 saturated heterocycles. The van der Waals surface area contributed by atoms with E-state index in [1.54, 1.807) is 4.90 Å². The normalized spacial score (nSPS) is 10.2. The Balaban J connectivity index is 2.89. The van der Waals surface area contributed by atoms with Crippen LogP contribution in [0, 0.1) is 6.92 Å². The van der Waals surface area contributed by atoms with Gasteiger partial charge >= 0.3 is 0 Å². The van der Waals surface area contributed by atoms with Crippen LogP contribution in [0.2, 0.25) is 0 Å². The van der Waals surface area contributed by atoms with Gasteiger partial charge in [-0.05, 0) is 44.5 Å². The second-order valence-corrected chi connectivity index (χ2v) is 4.17. The number of carbonyl (C=O) groups is 1. The van der Waals surface area contributed by atoms with Gasteiger partial charge in [0.1, 0.15) is 0 Å². The van der Waals surface area contributed by atoms with Crippen molar-refractivity contribution < 1.29 is 9.90 Å². The van der Waals surface area contributed by atoms with E-state index in [4.69, 9.17) is 5.11 Å². The van der Waals surface area contributed by atoms with Crippen molar-refractivity contribution >= 4 is 11.6 Å². The topological polar surface area (TPSA) is 52.6 Å². The standard InChI is InChI=1S/C14H22N2O2/c1-4-15-13-7-6-12(10-11(13)3)14(18)16(5-2)8-9-17/h6-7,10,15,17H,4-5,8-9H2,1-3H3. The lowest BCUT2D eigenvalue weighted by Gasteiger charge is -2.20. The second-order valence-electron chi connectivity index (χ2n) is 4.17. The zero-order chi connectivity index (χ0) is 13.5. The quantitative estimate of drug-likeness (QED) is 0.810. The molecule has 0 heterocycles. The molecule has 0 fully saturated rings. The molecule has 4 heteroatoms. The largest absolute Gasteiger partial charge is 0.395 e. The average molecular weight is 250 g/mol. The first-order chi connectivity index (χ1) is 8.63. The molecule has 100 valence electrons. The number of hydrogen-bond donors (Lipinski definition) is 2. The van der Waals surface area contributed by atoms with Crippen LogP contribution in [-0.4, -0.2) is 42.2 Å². The predicted octanol–water partition coefficient (Wildman–Crippen LogP) is 1.88. The molecule has 1 rings (SSSR count). The van der Waals surface area contributed by atoms with E-state index in [-0.39, 0.29) is 12.5 Å². The lowest BCUT2D eigenvalue weighted by molar-refractivity contribution is 0.0732. The molecule has 0 bridgehead atoms. The number of nitrogens with zero attached hydrogens (tertiary/aromatic N) is 1. The van der Waals surface area contributed by atoms with Crippen LogP contribution < -0.4 is 5.32 Å². The van der Waals surface area contributed by atoms with Crippen molar-refractivity contribution in [2.24, 2.45) is 0 Å². The third kappa shape index (κ3) is 3.47. The summed E-state index contributed by atoms with van der Waals surface area (Å²) in [5, 5.41) is 12.2. The van der Waals surface area contributed by atoms with Crippen molar-refractivity contribution in [3.8, 4) is 0 Å². The monoisotopic (exact) mass is 250 g/mol. The Morgan fingerprint density at radius 1 is 1.39 bits per heavy atom. The SMILES string of the molecule is CCNc1ccc(C(=O)N(CC)CCO)cc1C. The van der Waals surface area contributed by atoms with Crippen molar-refractivity contribution in [1.82, 2.24) is 4.90 Å². The van der Waals surface area contributed by atoms with Gasteiger partial charge in [0, 0.05) is 30.9 Å². The fourth-order valence-corrected chi connectivity index (χ4v) is 1.89. The molecule has 0 atom stereocenters. The number of aryl methyl sites for hydroxylation is 1. The number of nitrogens with one attached hydrogen (secondary N) is 1. The van der Waals surface area contributed by atoms with Crippen LogP contribution in [0.25, 0.3) is 0 Å². The Hall–Kier alpha value is -1.55. The third-order valence-electron chi connectivity index (χ3n) is 2.88. The van der Waals surface area contributed by atoms with Crippen molar-refractivity contribution in [1.29, 1.82) is 0 Å². The fourth-order valence-electron chi connectivity index (χ4n) is 1.89. The van der Waals surface area contributed by atoms with Crippen molar-refractivity contribution in [3.63, 3.8) is 0 Å². The Bertz CT molecular complexity index is 405. The number of rotatable bonds is 6. The lowest BCUT2D eigenvalue weighted by Crippen LogP contribution is -2.33. The van der Waals surface area contributed by atoms with Gasteiger partial charge in [0.25, 0.3) is 5.91 Å². The number of aliphatic hydroxyl groups is 1. The van der Waals surface area contributed by atoms with Gasteiger partial charge in [-0.2, -0.15) is 0 Å². The molecule has 0 radical (unpaired) electrons. The number of aliphatic hydroxyl groups excluding tert-OH is 1. The summed E-state index contributed by atoms with van der Waals surface area (Å²) in [6.45, 7) is 7.77. The molecule has 0 aliphatic carbocycles. The summed E-state index contributed by atoms with van der Waals surface area (Å²) < 4.78 is 0. The molecule has 0 aromatic heterocycles. The molecule has 0 spiro atoms. The predicted molar refractivity (Wildman–Crippen MR) is 74.0 cm³/mol. The van der Waals surface area contributed by atoms with Gasteiger partial charge in [-0.25, -0.2) is 0 Å². The molecular weight excluding hydrogens is 228 g/mol. The Morgan fingerprint density at radius 3 is 2.61 bits per heavy atom. The zero-order valence-corrected chi connectivity index (χ0v) is 11.4. The van der Waals surface area contributed by atoms with E-state index in [2.05, 4.69) is 5.32 Å². The van der Waals surface area contributed by atoms with Gasteiger partial charge in [0.2, 0.25) is 0 Å². The number of carbonyl (C=O) groups excluding carboxylic acids is 1. The van der Waals surface area contributed by atoms with E-state index in [0.717, 1.165) is 17.8 Å². The van der Waals surface area contributed by atoms with Crippen molar-refractivity contribution in [2.75, 3.05) is 31.6 Å². The molecule has 0 aliphatic rings. The molecule has 1 aromatic rings. The highest BCUT2D eigenvalue weighted by molar-refractivity contribution is 5.95. The van der Waals surface area contributed by atoms with E-state index >= 15 is 0 Å². The smallest absolute Gasteiger partial charge is 0.253 e. The molecular formula is C14H22N2O2. The fraction of sp³-hybridized carbons (Fsp3) is 0.500. The molecule has 1 aromatic carbocycles. The Morgan fingerprint density at radius 2 is 2.11 bits per heavy atom. The van der Waals surface area contributed by atoms with E-state index in [0.29, 0.717) is 18.7 Å². The van der Waals surface area contributed by atoms with Crippen LogP contribution >= 0.6 is 0 Å². The highest BCUT2D eigenvalue weighted by Gasteiger charge is 2.14. The molecule has 0 saturated carbocycles. The number of hydrogen-bond acceptors (Lipinski definition) is 3. The van der Waals surface area contributed by atoms with E-state index in [1.807, 2.05) is 39.0 Å². The van der Waals surface area contributed by atoms with Gasteiger partial charge in [-0.1, -0.05) is 0 Å². The molecule has 0 unspecified atom stereocenters. The van der Waals surface area contributed by atoms with Crippen LogP contribution in [0.3, 0.4) is 0 Å². The number of anilines is 1. The summed E-state index contributed by atoms with van der Waals surface area (Å²) in [4.78, 5) is 13.8. The first-order valence-electron chi connectivity index (χ1n) is 6.38. The second kappa shape index (κ2) is 7.01. The average Bonchev–Trinajstić information content (AvgIpc) is 2.37. The van der Waals surface area contributed by atoms with Crippen molar-refractivity contribution in [2.45, 2.75) is 20.8 Å². The molecule has 2 N–H and O–H groups in total. The van der Waals surface area contributed by atoms with E-state index in [1.165, 1.54) is 0 Å². The van der Waals surface area contributed by atoms with E-state index < -0.39 is 0 Å². The van der Waals surface area contributed by atoms with Gasteiger partial charge < -0.3 is 15.3 Å². The van der Waals surface area contributed by atoms with Crippen LogP contribution in [0.4, 0.5) is 5.69 Å². The van der Waals surface area contributed by atoms with E-state index in [9.17, 15) is 4.79 Å².